The fourth-order valence-corrected chi connectivity index (χ4v) is 2.95. The number of carbonyl (C=O) groups is 2. The second-order valence-corrected chi connectivity index (χ2v) is 7.30. The maximum atomic E-state index is 12.6. The first-order valence-electron chi connectivity index (χ1n) is 8.43. The molecule has 0 aromatic heterocycles. The highest BCUT2D eigenvalue weighted by atomic mass is 16.5. The van der Waals surface area contributed by atoms with Gasteiger partial charge < -0.3 is 20.3 Å². The van der Waals surface area contributed by atoms with Crippen LogP contribution in [0.25, 0.3) is 0 Å². The lowest BCUT2D eigenvalue weighted by Gasteiger charge is -2.34. The molecule has 0 aliphatic heterocycles. The van der Waals surface area contributed by atoms with Gasteiger partial charge in [-0.1, -0.05) is 19.9 Å². The summed E-state index contributed by atoms with van der Waals surface area (Å²) in [5, 5.41) is 21.7. The Hall–Kier alpha value is -2.24. The zero-order valence-corrected chi connectivity index (χ0v) is 15.7. The Balaban J connectivity index is 2.68. The number of benzene rings is 1. The van der Waals surface area contributed by atoms with Crippen LogP contribution in [0.4, 0.5) is 0 Å². The summed E-state index contributed by atoms with van der Waals surface area (Å²) >= 11 is 0. The van der Waals surface area contributed by atoms with Crippen molar-refractivity contribution in [2.45, 2.75) is 47.0 Å². The van der Waals surface area contributed by atoms with Crippen LogP contribution in [0.1, 0.15) is 46.1 Å². The molecule has 0 fully saturated rings. The summed E-state index contributed by atoms with van der Waals surface area (Å²) in [7, 11) is 1.35. The molecule has 0 heterocycles. The van der Waals surface area contributed by atoms with Crippen LogP contribution in [-0.2, 0) is 20.7 Å². The van der Waals surface area contributed by atoms with Crippen molar-refractivity contribution in [1.82, 2.24) is 5.32 Å². The summed E-state index contributed by atoms with van der Waals surface area (Å²) in [6.07, 6.45) is 1.51. The van der Waals surface area contributed by atoms with E-state index in [1.165, 1.54) is 19.2 Å². The third kappa shape index (κ3) is 5.37. The van der Waals surface area contributed by atoms with Crippen LogP contribution in [-0.4, -0.2) is 35.7 Å². The van der Waals surface area contributed by atoms with Crippen molar-refractivity contribution >= 4 is 11.9 Å². The predicted molar refractivity (Wildman–Crippen MR) is 95.3 cm³/mol. The SMILES string of the molecule is CCC(C)(CC(C)(C)C(=O)OC)C(=O)NCCc1ccc(O)c(O)c1. The van der Waals surface area contributed by atoms with Gasteiger partial charge in [0.05, 0.1) is 12.5 Å². The zero-order chi connectivity index (χ0) is 19.3. The topological polar surface area (TPSA) is 95.9 Å². The lowest BCUT2D eigenvalue weighted by Crippen LogP contribution is -2.44. The lowest BCUT2D eigenvalue weighted by molar-refractivity contribution is -0.153. The summed E-state index contributed by atoms with van der Waals surface area (Å²) in [5.74, 6) is -0.798. The minimum atomic E-state index is -0.750. The highest BCUT2D eigenvalue weighted by Crippen LogP contribution is 2.37. The standard InChI is InChI=1S/C19H29NO5/c1-6-19(4,12-18(2,3)17(24)25-5)16(23)20-10-9-13-7-8-14(21)15(22)11-13/h7-8,11,21-22H,6,9-10,12H2,1-5H3,(H,20,23). The normalized spacial score (nSPS) is 13.8. The molecule has 1 aromatic rings. The molecule has 1 atom stereocenters. The van der Waals surface area contributed by atoms with Gasteiger partial charge in [0.15, 0.2) is 11.5 Å². The van der Waals surface area contributed by atoms with Crippen LogP contribution in [0.5, 0.6) is 11.5 Å². The van der Waals surface area contributed by atoms with Crippen molar-refractivity contribution in [3.63, 3.8) is 0 Å². The maximum Gasteiger partial charge on any atom is 0.311 e. The number of rotatable bonds is 8. The van der Waals surface area contributed by atoms with E-state index in [1.807, 2.05) is 13.8 Å². The summed E-state index contributed by atoms with van der Waals surface area (Å²) < 4.78 is 4.83. The number of phenols is 2. The smallest absolute Gasteiger partial charge is 0.311 e. The molecule has 1 amide bonds. The molecule has 1 aromatic carbocycles. The van der Waals surface area contributed by atoms with E-state index in [0.29, 0.717) is 25.8 Å². The lowest BCUT2D eigenvalue weighted by atomic mass is 9.72. The minimum absolute atomic E-state index is 0.116. The molecule has 1 unspecified atom stereocenters. The maximum absolute atomic E-state index is 12.6. The predicted octanol–water partition coefficient (Wildman–Crippen LogP) is 2.76. The summed E-state index contributed by atoms with van der Waals surface area (Å²) in [6, 6.07) is 4.59. The van der Waals surface area contributed by atoms with Crippen molar-refractivity contribution in [2.75, 3.05) is 13.7 Å². The van der Waals surface area contributed by atoms with Crippen molar-refractivity contribution in [2.24, 2.45) is 10.8 Å². The van der Waals surface area contributed by atoms with E-state index in [9.17, 15) is 19.8 Å². The minimum Gasteiger partial charge on any atom is -0.504 e. The van der Waals surface area contributed by atoms with Gasteiger partial charge in [0.25, 0.3) is 0 Å². The molecular weight excluding hydrogens is 322 g/mol. The molecule has 0 saturated heterocycles. The largest absolute Gasteiger partial charge is 0.504 e. The van der Waals surface area contributed by atoms with Gasteiger partial charge >= 0.3 is 5.97 Å². The highest BCUT2D eigenvalue weighted by Gasteiger charge is 2.41. The zero-order valence-electron chi connectivity index (χ0n) is 15.7. The Morgan fingerprint density at radius 3 is 2.32 bits per heavy atom. The molecule has 0 spiro atoms. The van der Waals surface area contributed by atoms with Gasteiger partial charge in [0, 0.05) is 12.0 Å². The summed E-state index contributed by atoms with van der Waals surface area (Å²) in [6.45, 7) is 7.72. The average molecular weight is 351 g/mol. The number of hydrogen-bond acceptors (Lipinski definition) is 5. The molecule has 0 aliphatic rings. The molecule has 0 radical (unpaired) electrons. The monoisotopic (exact) mass is 351 g/mol. The Morgan fingerprint density at radius 1 is 1.16 bits per heavy atom. The van der Waals surface area contributed by atoms with Crippen molar-refractivity contribution in [1.29, 1.82) is 0 Å². The van der Waals surface area contributed by atoms with Gasteiger partial charge in [0.2, 0.25) is 5.91 Å². The highest BCUT2D eigenvalue weighted by molar-refractivity contribution is 5.84. The molecule has 0 aliphatic carbocycles. The van der Waals surface area contributed by atoms with E-state index in [-0.39, 0.29) is 23.4 Å². The molecule has 0 saturated carbocycles. The van der Waals surface area contributed by atoms with Gasteiger partial charge in [-0.05, 0) is 50.8 Å². The average Bonchev–Trinajstić information content (AvgIpc) is 2.56. The fraction of sp³-hybridized carbons (Fsp3) is 0.579. The van der Waals surface area contributed by atoms with E-state index >= 15 is 0 Å². The van der Waals surface area contributed by atoms with E-state index in [1.54, 1.807) is 19.9 Å². The molecular formula is C19H29NO5. The van der Waals surface area contributed by atoms with Gasteiger partial charge in [-0.3, -0.25) is 9.59 Å². The van der Waals surface area contributed by atoms with Gasteiger partial charge in [-0.15, -0.1) is 0 Å². The third-order valence-electron chi connectivity index (χ3n) is 4.64. The molecule has 6 heteroatoms. The molecule has 140 valence electrons. The summed E-state index contributed by atoms with van der Waals surface area (Å²) in [5.41, 5.74) is -0.627. The van der Waals surface area contributed by atoms with E-state index in [4.69, 9.17) is 4.74 Å². The van der Waals surface area contributed by atoms with Gasteiger partial charge in [-0.25, -0.2) is 0 Å². The molecule has 25 heavy (non-hydrogen) atoms. The quantitative estimate of drug-likeness (QED) is 0.494. The van der Waals surface area contributed by atoms with Crippen LogP contribution in [0, 0.1) is 10.8 Å². The molecule has 6 nitrogen and oxygen atoms in total. The number of phenolic OH excluding ortho intramolecular Hbond substituents is 2. The Kier molecular flexibility index (Phi) is 6.85. The number of nitrogens with one attached hydrogen (secondary N) is 1. The number of amides is 1. The van der Waals surface area contributed by atoms with Crippen molar-refractivity contribution in [3.05, 3.63) is 23.8 Å². The Morgan fingerprint density at radius 2 is 1.80 bits per heavy atom. The molecule has 3 N–H and O–H groups in total. The fourth-order valence-electron chi connectivity index (χ4n) is 2.95. The van der Waals surface area contributed by atoms with Gasteiger partial charge in [0.1, 0.15) is 0 Å². The van der Waals surface area contributed by atoms with Crippen LogP contribution in [0.15, 0.2) is 18.2 Å². The van der Waals surface area contributed by atoms with Crippen LogP contribution >= 0.6 is 0 Å². The number of ether oxygens (including phenoxy) is 1. The van der Waals surface area contributed by atoms with Crippen molar-refractivity contribution in [3.8, 4) is 11.5 Å². The second kappa shape index (κ2) is 8.23. The third-order valence-corrected chi connectivity index (χ3v) is 4.64. The number of aromatic hydroxyl groups is 2. The molecule has 0 bridgehead atoms. The van der Waals surface area contributed by atoms with E-state index in [0.717, 1.165) is 5.56 Å². The van der Waals surface area contributed by atoms with Crippen LogP contribution < -0.4 is 5.32 Å². The number of carbonyl (C=O) groups excluding carboxylic acids is 2. The Bertz CT molecular complexity index is 626. The second-order valence-electron chi connectivity index (χ2n) is 7.30. The first kappa shape index (κ1) is 20.8. The number of esters is 1. The Labute approximate surface area is 149 Å². The van der Waals surface area contributed by atoms with E-state index in [2.05, 4.69) is 5.32 Å². The van der Waals surface area contributed by atoms with Gasteiger partial charge in [-0.2, -0.15) is 0 Å². The van der Waals surface area contributed by atoms with E-state index < -0.39 is 10.8 Å². The van der Waals surface area contributed by atoms with Crippen LogP contribution in [0.3, 0.4) is 0 Å². The van der Waals surface area contributed by atoms with Crippen LogP contribution in [0.2, 0.25) is 0 Å². The molecule has 1 rings (SSSR count). The first-order valence-corrected chi connectivity index (χ1v) is 8.43. The number of hydrogen-bond donors (Lipinski definition) is 3. The number of methoxy groups -OCH3 is 1. The van der Waals surface area contributed by atoms with Crippen molar-refractivity contribution < 1.29 is 24.5 Å². The summed E-state index contributed by atoms with van der Waals surface area (Å²) in [4.78, 5) is 24.6. The first-order chi connectivity index (χ1) is 11.6.